The second kappa shape index (κ2) is 7.48. The summed E-state index contributed by atoms with van der Waals surface area (Å²) in [5.74, 6) is 0.194. The van der Waals surface area contributed by atoms with Crippen molar-refractivity contribution in [2.24, 2.45) is 0 Å². The highest BCUT2D eigenvalue weighted by atomic mass is 16.5. The minimum absolute atomic E-state index is 0.00789. The van der Waals surface area contributed by atoms with E-state index in [1.807, 2.05) is 29.2 Å². The van der Waals surface area contributed by atoms with Crippen molar-refractivity contribution >= 4 is 23.2 Å². The van der Waals surface area contributed by atoms with Gasteiger partial charge in [0, 0.05) is 26.2 Å². The number of benzene rings is 1. The predicted molar refractivity (Wildman–Crippen MR) is 104 cm³/mol. The second-order valence-electron chi connectivity index (χ2n) is 7.60. The van der Waals surface area contributed by atoms with Crippen molar-refractivity contribution in [1.29, 1.82) is 0 Å². The molecule has 3 aliphatic rings. The third kappa shape index (κ3) is 3.41. The minimum atomic E-state index is -0.619. The van der Waals surface area contributed by atoms with E-state index in [0.29, 0.717) is 39.1 Å². The van der Waals surface area contributed by atoms with Crippen LogP contribution < -0.4 is 10.6 Å². The Morgan fingerprint density at radius 3 is 2.48 bits per heavy atom. The molecule has 2 N–H and O–H groups in total. The summed E-state index contributed by atoms with van der Waals surface area (Å²) in [5, 5.41) is 6.47. The third-order valence-electron chi connectivity index (χ3n) is 6.07. The van der Waals surface area contributed by atoms with Crippen LogP contribution >= 0.6 is 0 Å². The van der Waals surface area contributed by atoms with Gasteiger partial charge in [-0.2, -0.15) is 0 Å². The first-order valence-electron chi connectivity index (χ1n) is 9.92. The van der Waals surface area contributed by atoms with Gasteiger partial charge < -0.3 is 20.3 Å². The monoisotopic (exact) mass is 372 g/mol. The largest absolute Gasteiger partial charge is 0.379 e. The number of hydrogen-bond donors (Lipinski definition) is 2. The van der Waals surface area contributed by atoms with Gasteiger partial charge in [0.05, 0.1) is 30.6 Å². The van der Waals surface area contributed by atoms with E-state index in [1.54, 1.807) is 0 Å². The molecular formula is C20H28N4O3. The molecule has 0 saturated carbocycles. The second-order valence-corrected chi connectivity index (χ2v) is 7.60. The lowest BCUT2D eigenvalue weighted by Gasteiger charge is -2.45. The van der Waals surface area contributed by atoms with Crippen LogP contribution in [0.15, 0.2) is 24.3 Å². The van der Waals surface area contributed by atoms with Crippen molar-refractivity contribution < 1.29 is 14.3 Å². The van der Waals surface area contributed by atoms with Crippen molar-refractivity contribution in [1.82, 2.24) is 9.80 Å². The molecule has 4 rings (SSSR count). The van der Waals surface area contributed by atoms with Gasteiger partial charge in [0.15, 0.2) is 0 Å². The molecule has 3 aliphatic heterocycles. The maximum absolute atomic E-state index is 13.1. The average Bonchev–Trinajstić information content (AvgIpc) is 2.71. The molecule has 7 nitrogen and oxygen atoms in total. The van der Waals surface area contributed by atoms with E-state index < -0.39 is 5.54 Å². The molecule has 146 valence electrons. The standard InChI is InChI=1S/C20H28N4O3/c1-2-17(23-11-13-27-14-12-23)18(25)24-9-7-20(8-10-24)19(26)21-15-5-3-4-6-16(15)22-20/h3-6,17,22H,2,7-14H2,1H3,(H,21,26)/t17-/m0/s1. The summed E-state index contributed by atoms with van der Waals surface area (Å²) >= 11 is 0. The number of likely N-dealkylation sites (tertiary alicyclic amines) is 1. The fraction of sp³-hybridized carbons (Fsp3) is 0.600. The molecule has 1 aromatic carbocycles. The molecule has 1 aromatic rings. The Labute approximate surface area is 160 Å². The van der Waals surface area contributed by atoms with Gasteiger partial charge in [-0.25, -0.2) is 0 Å². The molecule has 2 amide bonds. The number of morpholine rings is 1. The average molecular weight is 372 g/mol. The first kappa shape index (κ1) is 18.3. The summed E-state index contributed by atoms with van der Waals surface area (Å²) < 4.78 is 5.42. The Hall–Kier alpha value is -2.12. The normalized spacial score (nSPS) is 23.3. The molecule has 0 aliphatic carbocycles. The van der Waals surface area contributed by atoms with Crippen LogP contribution in [0.25, 0.3) is 0 Å². The number of piperidine rings is 1. The minimum Gasteiger partial charge on any atom is -0.379 e. The Kier molecular flexibility index (Phi) is 5.06. The quantitative estimate of drug-likeness (QED) is 0.842. The van der Waals surface area contributed by atoms with Crippen molar-refractivity contribution in [2.75, 3.05) is 50.0 Å². The van der Waals surface area contributed by atoms with Crippen LogP contribution in [0.4, 0.5) is 11.4 Å². The lowest BCUT2D eigenvalue weighted by atomic mass is 9.84. The number of nitrogens with zero attached hydrogens (tertiary/aromatic N) is 2. The van der Waals surface area contributed by atoms with Crippen LogP contribution in [0.1, 0.15) is 26.2 Å². The Balaban J connectivity index is 1.42. The first-order valence-corrected chi connectivity index (χ1v) is 9.92. The first-order chi connectivity index (χ1) is 13.1. The van der Waals surface area contributed by atoms with Gasteiger partial charge in [-0.15, -0.1) is 0 Å². The molecule has 1 spiro atoms. The number of anilines is 2. The zero-order chi connectivity index (χ0) is 18.9. The molecule has 27 heavy (non-hydrogen) atoms. The topological polar surface area (TPSA) is 73.9 Å². The molecule has 0 aromatic heterocycles. The number of rotatable bonds is 3. The number of carbonyl (C=O) groups excluding carboxylic acids is 2. The molecular weight excluding hydrogens is 344 g/mol. The van der Waals surface area contributed by atoms with E-state index in [4.69, 9.17) is 4.74 Å². The maximum atomic E-state index is 13.1. The van der Waals surface area contributed by atoms with Gasteiger partial charge in [0.2, 0.25) is 11.8 Å². The van der Waals surface area contributed by atoms with Crippen LogP contribution in [0.2, 0.25) is 0 Å². The Bertz CT molecular complexity index is 709. The Morgan fingerprint density at radius 1 is 1.15 bits per heavy atom. The zero-order valence-corrected chi connectivity index (χ0v) is 15.9. The zero-order valence-electron chi connectivity index (χ0n) is 15.9. The number of nitrogens with one attached hydrogen (secondary N) is 2. The molecule has 1 atom stereocenters. The molecule has 7 heteroatoms. The smallest absolute Gasteiger partial charge is 0.250 e. The third-order valence-corrected chi connectivity index (χ3v) is 6.07. The molecule has 2 saturated heterocycles. The summed E-state index contributed by atoms with van der Waals surface area (Å²) in [7, 11) is 0. The highest BCUT2D eigenvalue weighted by Crippen LogP contribution is 2.36. The number of hydrogen-bond acceptors (Lipinski definition) is 5. The van der Waals surface area contributed by atoms with Crippen LogP contribution in [0.5, 0.6) is 0 Å². The molecule has 0 bridgehead atoms. The van der Waals surface area contributed by atoms with Gasteiger partial charge in [-0.3, -0.25) is 14.5 Å². The van der Waals surface area contributed by atoms with Crippen molar-refractivity contribution in [3.05, 3.63) is 24.3 Å². The van der Waals surface area contributed by atoms with Gasteiger partial charge in [0.1, 0.15) is 5.54 Å². The van der Waals surface area contributed by atoms with Gasteiger partial charge >= 0.3 is 0 Å². The van der Waals surface area contributed by atoms with E-state index in [-0.39, 0.29) is 17.9 Å². The highest BCUT2D eigenvalue weighted by molar-refractivity contribution is 6.06. The SMILES string of the molecule is CC[C@@H](C(=O)N1CCC2(CC1)Nc1ccccc1NC2=O)N1CCOCC1. The fourth-order valence-corrected chi connectivity index (χ4v) is 4.41. The summed E-state index contributed by atoms with van der Waals surface area (Å²) in [6, 6.07) is 7.68. The molecule has 0 unspecified atom stereocenters. The summed E-state index contributed by atoms with van der Waals surface area (Å²) in [6.45, 7) is 6.26. The number of para-hydroxylation sites is 2. The van der Waals surface area contributed by atoms with Crippen LogP contribution in [0, 0.1) is 0 Å². The molecule has 3 heterocycles. The van der Waals surface area contributed by atoms with Crippen LogP contribution in [-0.2, 0) is 14.3 Å². The van der Waals surface area contributed by atoms with E-state index in [1.165, 1.54) is 0 Å². The summed E-state index contributed by atoms with van der Waals surface area (Å²) in [4.78, 5) is 30.0. The lowest BCUT2D eigenvalue weighted by molar-refractivity contribution is -0.141. The Morgan fingerprint density at radius 2 is 1.81 bits per heavy atom. The summed E-state index contributed by atoms with van der Waals surface area (Å²) in [5.41, 5.74) is 1.16. The van der Waals surface area contributed by atoms with E-state index in [9.17, 15) is 9.59 Å². The van der Waals surface area contributed by atoms with E-state index in [0.717, 1.165) is 30.9 Å². The van der Waals surface area contributed by atoms with Gasteiger partial charge in [-0.05, 0) is 31.4 Å². The highest BCUT2D eigenvalue weighted by Gasteiger charge is 2.45. The maximum Gasteiger partial charge on any atom is 0.250 e. The molecule has 0 radical (unpaired) electrons. The summed E-state index contributed by atoms with van der Waals surface area (Å²) in [6.07, 6.45) is 2.05. The van der Waals surface area contributed by atoms with Crippen LogP contribution in [-0.4, -0.2) is 72.6 Å². The number of ether oxygens (including phenoxy) is 1. The number of amides is 2. The van der Waals surface area contributed by atoms with Crippen molar-refractivity contribution in [3.8, 4) is 0 Å². The number of carbonyl (C=O) groups is 2. The number of fused-ring (bicyclic) bond motifs is 1. The van der Waals surface area contributed by atoms with Gasteiger partial charge in [-0.1, -0.05) is 19.1 Å². The van der Waals surface area contributed by atoms with E-state index >= 15 is 0 Å². The van der Waals surface area contributed by atoms with E-state index in [2.05, 4.69) is 22.5 Å². The van der Waals surface area contributed by atoms with Crippen molar-refractivity contribution in [2.45, 2.75) is 37.8 Å². The lowest BCUT2D eigenvalue weighted by Crippen LogP contribution is -2.61. The predicted octanol–water partition coefficient (Wildman–Crippen LogP) is 1.52. The van der Waals surface area contributed by atoms with Crippen molar-refractivity contribution in [3.63, 3.8) is 0 Å². The van der Waals surface area contributed by atoms with Gasteiger partial charge in [0.25, 0.3) is 0 Å². The molecule has 2 fully saturated rings. The van der Waals surface area contributed by atoms with Crippen LogP contribution in [0.3, 0.4) is 0 Å². The fourth-order valence-electron chi connectivity index (χ4n) is 4.41.